The summed E-state index contributed by atoms with van der Waals surface area (Å²) in [6.45, 7) is 0. The fraction of sp³-hybridized carbons (Fsp3) is 0.0625. The van der Waals surface area contributed by atoms with Gasteiger partial charge in [0.25, 0.3) is 0 Å². The molecular formula is C16H13BrFN3O3. The number of halogens is 2. The van der Waals surface area contributed by atoms with Gasteiger partial charge in [0.15, 0.2) is 0 Å². The second-order valence-corrected chi connectivity index (χ2v) is 5.38. The predicted octanol–water partition coefficient (Wildman–Crippen LogP) is 2.69. The number of carbonyl (C=O) groups is 2. The zero-order valence-corrected chi connectivity index (χ0v) is 14.1. The molecule has 0 spiro atoms. The molecule has 8 heteroatoms. The molecule has 6 nitrogen and oxygen atoms in total. The highest BCUT2D eigenvalue weighted by Crippen LogP contribution is 2.24. The molecule has 2 rings (SSSR count). The standard InChI is InChI=1S/C16H13BrFN3O3/c1-24-14-7-6-10(8-11(14)17)9-19-21-16(23)15(22)20-13-5-3-2-4-12(13)18/h2-9H,1H3,(H,20,22)(H,21,23)/b19-9-. The minimum absolute atomic E-state index is 0.0827. The molecule has 0 aromatic heterocycles. The monoisotopic (exact) mass is 393 g/mol. The van der Waals surface area contributed by atoms with E-state index < -0.39 is 17.6 Å². The Balaban J connectivity index is 1.93. The van der Waals surface area contributed by atoms with E-state index in [-0.39, 0.29) is 5.69 Å². The van der Waals surface area contributed by atoms with Gasteiger partial charge in [0, 0.05) is 0 Å². The highest BCUT2D eigenvalue weighted by molar-refractivity contribution is 9.10. The summed E-state index contributed by atoms with van der Waals surface area (Å²) >= 11 is 3.32. The van der Waals surface area contributed by atoms with Gasteiger partial charge < -0.3 is 10.1 Å². The first-order chi connectivity index (χ1) is 11.5. The first kappa shape index (κ1) is 17.6. The summed E-state index contributed by atoms with van der Waals surface area (Å²) in [5, 5.41) is 5.84. The van der Waals surface area contributed by atoms with Gasteiger partial charge in [0.2, 0.25) is 0 Å². The van der Waals surface area contributed by atoms with Gasteiger partial charge in [-0.2, -0.15) is 5.10 Å². The normalized spacial score (nSPS) is 10.5. The molecule has 2 N–H and O–H groups in total. The van der Waals surface area contributed by atoms with Crippen LogP contribution in [-0.4, -0.2) is 25.1 Å². The van der Waals surface area contributed by atoms with Crippen molar-refractivity contribution in [3.8, 4) is 5.75 Å². The van der Waals surface area contributed by atoms with Crippen LogP contribution < -0.4 is 15.5 Å². The zero-order chi connectivity index (χ0) is 17.5. The molecule has 0 saturated carbocycles. The van der Waals surface area contributed by atoms with Crippen LogP contribution in [0.3, 0.4) is 0 Å². The lowest BCUT2D eigenvalue weighted by atomic mass is 10.2. The van der Waals surface area contributed by atoms with Crippen LogP contribution in [0.5, 0.6) is 5.75 Å². The Morgan fingerprint density at radius 1 is 1.21 bits per heavy atom. The van der Waals surface area contributed by atoms with Crippen molar-refractivity contribution in [1.82, 2.24) is 5.43 Å². The van der Waals surface area contributed by atoms with E-state index in [0.29, 0.717) is 11.3 Å². The molecule has 0 fully saturated rings. The fourth-order valence-corrected chi connectivity index (χ4v) is 2.28. The zero-order valence-electron chi connectivity index (χ0n) is 12.5. The third-order valence-corrected chi connectivity index (χ3v) is 3.50. The second kappa shape index (κ2) is 8.21. The third kappa shape index (κ3) is 4.63. The van der Waals surface area contributed by atoms with Crippen LogP contribution in [-0.2, 0) is 9.59 Å². The predicted molar refractivity (Wildman–Crippen MR) is 91.5 cm³/mol. The molecular weight excluding hydrogens is 381 g/mol. The van der Waals surface area contributed by atoms with Crippen molar-refractivity contribution in [3.63, 3.8) is 0 Å². The largest absolute Gasteiger partial charge is 0.496 e. The van der Waals surface area contributed by atoms with Crippen molar-refractivity contribution in [1.29, 1.82) is 0 Å². The highest BCUT2D eigenvalue weighted by Gasteiger charge is 2.14. The van der Waals surface area contributed by atoms with E-state index in [9.17, 15) is 14.0 Å². The Morgan fingerprint density at radius 3 is 2.62 bits per heavy atom. The maximum atomic E-state index is 13.4. The molecule has 0 radical (unpaired) electrons. The van der Waals surface area contributed by atoms with Crippen LogP contribution in [0.2, 0.25) is 0 Å². The number of nitrogens with zero attached hydrogens (tertiary/aromatic N) is 1. The SMILES string of the molecule is COc1ccc(/C=N\NC(=O)C(=O)Nc2ccccc2F)cc1Br. The summed E-state index contributed by atoms with van der Waals surface area (Å²) in [6, 6.07) is 10.7. The molecule has 2 amide bonds. The summed E-state index contributed by atoms with van der Waals surface area (Å²) in [5.74, 6) is -2.01. The van der Waals surface area contributed by atoms with E-state index in [4.69, 9.17) is 4.74 Å². The Morgan fingerprint density at radius 2 is 1.96 bits per heavy atom. The van der Waals surface area contributed by atoms with Crippen molar-refractivity contribution in [2.75, 3.05) is 12.4 Å². The first-order valence-corrected chi connectivity index (χ1v) is 7.53. The van der Waals surface area contributed by atoms with Gasteiger partial charge in [-0.25, -0.2) is 9.82 Å². The van der Waals surface area contributed by atoms with Crippen LogP contribution >= 0.6 is 15.9 Å². The van der Waals surface area contributed by atoms with Crippen LogP contribution in [0.1, 0.15) is 5.56 Å². The highest BCUT2D eigenvalue weighted by atomic mass is 79.9. The Hall–Kier alpha value is -2.74. The Labute approximate surface area is 145 Å². The summed E-state index contributed by atoms with van der Waals surface area (Å²) < 4.78 is 19.2. The quantitative estimate of drug-likeness (QED) is 0.476. The molecule has 24 heavy (non-hydrogen) atoms. The van der Waals surface area contributed by atoms with Gasteiger partial charge >= 0.3 is 11.8 Å². The number of hydrogen-bond donors (Lipinski definition) is 2. The number of ether oxygens (including phenoxy) is 1. The number of amides is 2. The average molecular weight is 394 g/mol. The number of hydrazone groups is 1. The minimum Gasteiger partial charge on any atom is -0.496 e. The van der Waals surface area contributed by atoms with E-state index >= 15 is 0 Å². The van der Waals surface area contributed by atoms with E-state index in [1.807, 2.05) is 0 Å². The summed E-state index contributed by atoms with van der Waals surface area (Å²) in [4.78, 5) is 23.3. The molecule has 124 valence electrons. The average Bonchev–Trinajstić information content (AvgIpc) is 2.57. The first-order valence-electron chi connectivity index (χ1n) is 6.73. The number of hydrogen-bond acceptors (Lipinski definition) is 4. The van der Waals surface area contributed by atoms with Crippen LogP contribution in [0, 0.1) is 5.82 Å². The van der Waals surface area contributed by atoms with Crippen molar-refractivity contribution in [2.24, 2.45) is 5.10 Å². The molecule has 0 aliphatic heterocycles. The summed E-state index contributed by atoms with van der Waals surface area (Å²) in [5.41, 5.74) is 2.66. The van der Waals surface area contributed by atoms with Gasteiger partial charge in [-0.3, -0.25) is 9.59 Å². The molecule has 0 aliphatic rings. The van der Waals surface area contributed by atoms with Gasteiger partial charge in [-0.15, -0.1) is 0 Å². The number of nitrogens with one attached hydrogen (secondary N) is 2. The number of benzene rings is 2. The number of para-hydroxylation sites is 1. The van der Waals surface area contributed by atoms with Crippen molar-refractivity contribution >= 4 is 39.6 Å². The maximum absolute atomic E-state index is 13.4. The lowest BCUT2D eigenvalue weighted by Crippen LogP contribution is -2.32. The Bertz CT molecular complexity index is 796. The molecule has 0 saturated heterocycles. The van der Waals surface area contributed by atoms with Gasteiger partial charge in [0.05, 0.1) is 23.5 Å². The lowest BCUT2D eigenvalue weighted by Gasteiger charge is -2.05. The summed E-state index contributed by atoms with van der Waals surface area (Å²) in [7, 11) is 1.54. The van der Waals surface area contributed by atoms with Crippen molar-refractivity contribution < 1.29 is 18.7 Å². The minimum atomic E-state index is -1.02. The van der Waals surface area contributed by atoms with Gasteiger partial charge in [-0.1, -0.05) is 12.1 Å². The maximum Gasteiger partial charge on any atom is 0.329 e. The molecule has 0 heterocycles. The lowest BCUT2D eigenvalue weighted by molar-refractivity contribution is -0.136. The molecule has 0 unspecified atom stereocenters. The van der Waals surface area contributed by atoms with E-state index in [0.717, 1.165) is 4.47 Å². The molecule has 2 aromatic carbocycles. The number of anilines is 1. The second-order valence-electron chi connectivity index (χ2n) is 4.53. The van der Waals surface area contributed by atoms with E-state index in [1.54, 1.807) is 25.3 Å². The van der Waals surface area contributed by atoms with E-state index in [2.05, 4.69) is 31.8 Å². The summed E-state index contributed by atoms with van der Waals surface area (Å²) in [6.07, 6.45) is 1.36. The van der Waals surface area contributed by atoms with E-state index in [1.165, 1.54) is 30.5 Å². The molecule has 0 atom stereocenters. The van der Waals surface area contributed by atoms with Gasteiger partial charge in [0.1, 0.15) is 11.6 Å². The van der Waals surface area contributed by atoms with Crippen LogP contribution in [0.15, 0.2) is 52.0 Å². The number of rotatable bonds is 4. The molecule has 0 aliphatic carbocycles. The van der Waals surface area contributed by atoms with Crippen molar-refractivity contribution in [2.45, 2.75) is 0 Å². The molecule has 2 aromatic rings. The fourth-order valence-electron chi connectivity index (χ4n) is 1.72. The topological polar surface area (TPSA) is 79.8 Å². The van der Waals surface area contributed by atoms with Crippen LogP contribution in [0.25, 0.3) is 0 Å². The Kier molecular flexibility index (Phi) is 6.02. The number of methoxy groups -OCH3 is 1. The smallest absolute Gasteiger partial charge is 0.329 e. The van der Waals surface area contributed by atoms with Gasteiger partial charge in [-0.05, 0) is 51.8 Å². The number of carbonyl (C=O) groups excluding carboxylic acids is 2. The van der Waals surface area contributed by atoms with Crippen molar-refractivity contribution in [3.05, 3.63) is 58.3 Å². The van der Waals surface area contributed by atoms with Crippen LogP contribution in [0.4, 0.5) is 10.1 Å². The molecule has 0 bridgehead atoms. The third-order valence-electron chi connectivity index (χ3n) is 2.88.